The van der Waals surface area contributed by atoms with E-state index in [0.29, 0.717) is 35.0 Å². The van der Waals surface area contributed by atoms with E-state index in [2.05, 4.69) is 57.4 Å². The molecule has 0 radical (unpaired) electrons. The molecule has 2 bridgehead atoms. The van der Waals surface area contributed by atoms with Crippen LogP contribution in [-0.2, 0) is 22.6 Å². The molecule has 304 valence electrons. The van der Waals surface area contributed by atoms with E-state index >= 15 is 0 Å². The molecule has 4 aliphatic rings. The third-order valence-electron chi connectivity index (χ3n) is 13.1. The second-order valence-electron chi connectivity index (χ2n) is 17.9. The van der Waals surface area contributed by atoms with Gasteiger partial charge in [-0.2, -0.15) is 5.06 Å². The quantitative estimate of drug-likeness (QED) is 0.139. The molecule has 10 heteroatoms. The van der Waals surface area contributed by atoms with Crippen LogP contribution in [0.3, 0.4) is 0 Å². The predicted octanol–water partition coefficient (Wildman–Crippen LogP) is 6.48. The second-order valence-corrected chi connectivity index (χ2v) is 17.9. The number of hydrogen-bond acceptors (Lipinski definition) is 8. The van der Waals surface area contributed by atoms with Crippen LogP contribution >= 0.6 is 0 Å². The summed E-state index contributed by atoms with van der Waals surface area (Å²) in [5.41, 5.74) is 5.23. The van der Waals surface area contributed by atoms with Crippen molar-refractivity contribution in [1.29, 1.82) is 0 Å². The van der Waals surface area contributed by atoms with Gasteiger partial charge < -0.3 is 30.5 Å². The molecule has 4 N–H and O–H groups in total. The third kappa shape index (κ3) is 8.64. The maximum Gasteiger partial charge on any atom is 0.251 e. The van der Waals surface area contributed by atoms with E-state index in [1.807, 2.05) is 73.6 Å². The van der Waals surface area contributed by atoms with Crippen molar-refractivity contribution in [1.82, 2.24) is 15.7 Å². The van der Waals surface area contributed by atoms with Crippen LogP contribution in [0.25, 0.3) is 11.1 Å². The highest BCUT2D eigenvalue weighted by Crippen LogP contribution is 2.61. The Bertz CT molecular complexity index is 1830. The number of benzene rings is 3. The summed E-state index contributed by atoms with van der Waals surface area (Å²) < 4.78 is 6.12. The molecule has 3 aromatic carbocycles. The van der Waals surface area contributed by atoms with E-state index < -0.39 is 24.2 Å². The summed E-state index contributed by atoms with van der Waals surface area (Å²) in [5.74, 6) is 1.47. The van der Waals surface area contributed by atoms with E-state index in [1.165, 1.54) is 12.0 Å². The van der Waals surface area contributed by atoms with Gasteiger partial charge in [0.25, 0.3) is 5.91 Å². The molecular weight excluding hydrogens is 705 g/mol. The number of carbonyl (C=O) groups excluding carboxylic acids is 2. The summed E-state index contributed by atoms with van der Waals surface area (Å²) in [7, 11) is 5.53. The number of aliphatic hydroxyl groups is 2. The second kappa shape index (κ2) is 17.3. The van der Waals surface area contributed by atoms with Gasteiger partial charge in [-0.3, -0.25) is 14.4 Å². The van der Waals surface area contributed by atoms with Gasteiger partial charge >= 0.3 is 0 Å². The Morgan fingerprint density at radius 2 is 1.77 bits per heavy atom. The molecule has 2 amide bonds. The van der Waals surface area contributed by atoms with Crippen molar-refractivity contribution in [3.63, 3.8) is 0 Å². The number of rotatable bonds is 15. The van der Waals surface area contributed by atoms with Crippen molar-refractivity contribution in [2.24, 2.45) is 35.0 Å². The highest BCUT2D eigenvalue weighted by Gasteiger charge is 2.57. The highest BCUT2D eigenvalue weighted by atomic mass is 16.7. The Morgan fingerprint density at radius 1 is 1.04 bits per heavy atom. The molecular formula is C46H64N4O6. The Labute approximate surface area is 333 Å². The Kier molecular flexibility index (Phi) is 12.8. The number of nitrogens with one attached hydrogen (secondary N) is 2. The summed E-state index contributed by atoms with van der Waals surface area (Å²) in [6.45, 7) is 12.7. The molecule has 0 aromatic heterocycles. The van der Waals surface area contributed by atoms with E-state index in [0.717, 1.165) is 41.6 Å². The van der Waals surface area contributed by atoms with Gasteiger partial charge in [-0.25, -0.2) is 0 Å². The smallest absolute Gasteiger partial charge is 0.251 e. The molecule has 4 fully saturated rings. The number of carbonyl (C=O) groups is 2. The maximum absolute atomic E-state index is 14.3. The molecule has 1 saturated heterocycles. The monoisotopic (exact) mass is 768 g/mol. The lowest BCUT2D eigenvalue weighted by molar-refractivity contribution is -0.183. The van der Waals surface area contributed by atoms with Crippen LogP contribution < -0.4 is 20.3 Å². The number of hydroxylamine groups is 2. The summed E-state index contributed by atoms with van der Waals surface area (Å²) in [6.07, 6.45) is 2.07. The SMILES string of the molecule is COc1c(CN2O[C@@H](CO)[C@H]([C@H](C)O)[C@H]2C(=O)N[C@H]2C[C@H]3C[C@H]([C@@H]2C)C3(C)C)cccc1-c1cc(C(=O)NC(Cc2ccccc2)CC(C)C)cc(N(C)C)c1. The first-order valence-corrected chi connectivity index (χ1v) is 20.5. The van der Waals surface area contributed by atoms with E-state index in [4.69, 9.17) is 9.57 Å². The number of amides is 2. The zero-order valence-corrected chi connectivity index (χ0v) is 34.8. The summed E-state index contributed by atoms with van der Waals surface area (Å²) >= 11 is 0. The molecule has 1 unspecified atom stereocenters. The van der Waals surface area contributed by atoms with Gasteiger partial charge in [-0.1, -0.05) is 83.1 Å². The summed E-state index contributed by atoms with van der Waals surface area (Å²) in [4.78, 5) is 36.6. The van der Waals surface area contributed by atoms with Crippen LogP contribution in [0.15, 0.2) is 66.7 Å². The molecule has 1 aliphatic heterocycles. The molecule has 10 nitrogen and oxygen atoms in total. The van der Waals surface area contributed by atoms with Crippen molar-refractivity contribution < 1.29 is 29.4 Å². The minimum absolute atomic E-state index is 0.0353. The maximum atomic E-state index is 14.3. The fraction of sp³-hybridized carbons (Fsp3) is 0.565. The number of ether oxygens (including phenoxy) is 1. The van der Waals surface area contributed by atoms with Gasteiger partial charge in [0.2, 0.25) is 5.91 Å². The van der Waals surface area contributed by atoms with Crippen molar-refractivity contribution >= 4 is 17.5 Å². The average Bonchev–Trinajstić information content (AvgIpc) is 3.53. The van der Waals surface area contributed by atoms with Gasteiger partial charge in [-0.15, -0.1) is 0 Å². The number of aliphatic hydroxyl groups excluding tert-OH is 2. The fourth-order valence-corrected chi connectivity index (χ4v) is 9.92. The Hall–Kier alpha value is -3.96. The lowest BCUT2D eigenvalue weighted by atomic mass is 9.45. The van der Waals surface area contributed by atoms with Gasteiger partial charge in [0, 0.05) is 54.5 Å². The molecule has 3 aliphatic carbocycles. The minimum Gasteiger partial charge on any atom is -0.496 e. The number of fused-ring (bicyclic) bond motifs is 2. The van der Waals surface area contributed by atoms with Crippen LogP contribution in [-0.4, -0.2) is 85.2 Å². The van der Waals surface area contributed by atoms with Crippen LogP contribution in [0, 0.1) is 35.0 Å². The largest absolute Gasteiger partial charge is 0.496 e. The normalized spacial score (nSPS) is 26.6. The molecule has 3 saturated carbocycles. The average molecular weight is 769 g/mol. The van der Waals surface area contributed by atoms with Crippen LogP contribution in [0.4, 0.5) is 5.69 Å². The lowest BCUT2D eigenvalue weighted by Crippen LogP contribution is -2.62. The number of methoxy groups -OCH3 is 1. The first kappa shape index (κ1) is 41.7. The molecule has 3 aromatic rings. The Morgan fingerprint density at radius 3 is 2.38 bits per heavy atom. The van der Waals surface area contributed by atoms with E-state index in [-0.39, 0.29) is 42.5 Å². The van der Waals surface area contributed by atoms with E-state index in [9.17, 15) is 19.8 Å². The van der Waals surface area contributed by atoms with Crippen LogP contribution in [0.1, 0.15) is 82.3 Å². The van der Waals surface area contributed by atoms with Gasteiger partial charge in [0.15, 0.2) is 0 Å². The van der Waals surface area contributed by atoms with Crippen molar-refractivity contribution in [3.05, 3.63) is 83.4 Å². The highest BCUT2D eigenvalue weighted by molar-refractivity contribution is 5.97. The first-order valence-electron chi connectivity index (χ1n) is 20.5. The zero-order chi connectivity index (χ0) is 40.5. The zero-order valence-electron chi connectivity index (χ0n) is 34.8. The number of para-hydroxylation sites is 1. The van der Waals surface area contributed by atoms with Gasteiger partial charge in [0.05, 0.1) is 26.4 Å². The Balaban J connectivity index is 1.28. The molecule has 56 heavy (non-hydrogen) atoms. The lowest BCUT2D eigenvalue weighted by Gasteiger charge is -2.62. The van der Waals surface area contributed by atoms with Crippen molar-refractivity contribution in [3.8, 4) is 16.9 Å². The number of hydrogen-bond donors (Lipinski definition) is 4. The predicted molar refractivity (Wildman–Crippen MR) is 221 cm³/mol. The third-order valence-corrected chi connectivity index (χ3v) is 13.1. The molecule has 9 atom stereocenters. The minimum atomic E-state index is -0.900. The number of nitrogens with zero attached hydrogens (tertiary/aromatic N) is 2. The van der Waals surface area contributed by atoms with Crippen molar-refractivity contribution in [2.75, 3.05) is 32.7 Å². The molecule has 0 spiro atoms. The first-order chi connectivity index (χ1) is 26.6. The van der Waals surface area contributed by atoms with Crippen LogP contribution in [0.2, 0.25) is 0 Å². The van der Waals surface area contributed by atoms with Crippen LogP contribution in [0.5, 0.6) is 5.75 Å². The van der Waals surface area contributed by atoms with E-state index in [1.54, 1.807) is 19.1 Å². The van der Waals surface area contributed by atoms with Gasteiger partial charge in [-0.05, 0) is 91.0 Å². The molecule has 1 heterocycles. The summed E-state index contributed by atoms with van der Waals surface area (Å²) in [6, 6.07) is 21.1. The van der Waals surface area contributed by atoms with Gasteiger partial charge in [0.1, 0.15) is 17.9 Å². The van der Waals surface area contributed by atoms with Crippen molar-refractivity contribution in [2.45, 2.75) is 104 Å². The summed E-state index contributed by atoms with van der Waals surface area (Å²) in [5, 5.41) is 29.7. The molecule has 7 rings (SSSR count). The number of anilines is 1. The standard InChI is InChI=1S/C46H64N4O6/c1-27(2)18-35(19-30-14-11-10-12-15-30)47-44(53)33-20-32(21-36(22-33)49(7)8)37-17-13-16-31(43(37)55-9)25-50-42(41(29(4)52)40(26-51)56-50)45(54)48-39-24-34-23-38(28(39)3)46(34,5)6/h10-17,20-22,27-29,34-35,38-42,51-52H,18-19,23-26H2,1-9H3,(H,47,53)(H,48,54)/t28-,29-,34+,35?,38+,39-,40-,41-,42-/m0/s1. The fourth-order valence-electron chi connectivity index (χ4n) is 9.92. The topological polar surface area (TPSA) is 124 Å².